The lowest BCUT2D eigenvalue weighted by molar-refractivity contribution is -0.137. The fourth-order valence-corrected chi connectivity index (χ4v) is 5.18. The summed E-state index contributed by atoms with van der Waals surface area (Å²) in [6.07, 6.45) is 2.68. The Labute approximate surface area is 199 Å². The van der Waals surface area contributed by atoms with E-state index < -0.39 is 11.4 Å². The van der Waals surface area contributed by atoms with Gasteiger partial charge in [0.15, 0.2) is 0 Å². The standard InChI is InChI=1S/C29H28N2O3/c1-29(28(34)30-24-13-7-5-11-21(24)17-20-9-3-2-4-10-20)16-15-26-23(18-29)22-12-6-8-14-25(22)31(26)19-27(32)33/h2-14H,15-19H2,1H3,(H,30,34)(H,32,33). The number of carboxylic acid groups (broad SMARTS) is 1. The zero-order valence-electron chi connectivity index (χ0n) is 19.3. The molecule has 1 heterocycles. The predicted octanol–water partition coefficient (Wildman–Crippen LogP) is 5.45. The number of aliphatic carboxylic acids is 1. The summed E-state index contributed by atoms with van der Waals surface area (Å²) in [7, 11) is 0. The van der Waals surface area contributed by atoms with E-state index >= 15 is 0 Å². The smallest absolute Gasteiger partial charge is 0.323 e. The summed E-state index contributed by atoms with van der Waals surface area (Å²) in [6, 6.07) is 26.1. The van der Waals surface area contributed by atoms with E-state index in [0.717, 1.165) is 39.8 Å². The van der Waals surface area contributed by atoms with Crippen LogP contribution in [0.5, 0.6) is 0 Å². The Morgan fingerprint density at radius 2 is 1.68 bits per heavy atom. The van der Waals surface area contributed by atoms with E-state index in [9.17, 15) is 14.7 Å². The van der Waals surface area contributed by atoms with Crippen molar-refractivity contribution < 1.29 is 14.7 Å². The van der Waals surface area contributed by atoms with Crippen LogP contribution in [0.3, 0.4) is 0 Å². The monoisotopic (exact) mass is 452 g/mol. The van der Waals surface area contributed by atoms with Crippen LogP contribution >= 0.6 is 0 Å². The first-order chi connectivity index (χ1) is 16.4. The van der Waals surface area contributed by atoms with Gasteiger partial charge in [-0.25, -0.2) is 0 Å². The highest BCUT2D eigenvalue weighted by atomic mass is 16.4. The number of para-hydroxylation sites is 2. The molecule has 1 atom stereocenters. The van der Waals surface area contributed by atoms with Crippen molar-refractivity contribution in [2.45, 2.75) is 39.2 Å². The van der Waals surface area contributed by atoms with Gasteiger partial charge in [-0.3, -0.25) is 9.59 Å². The molecule has 1 unspecified atom stereocenters. The molecule has 34 heavy (non-hydrogen) atoms. The van der Waals surface area contributed by atoms with Crippen LogP contribution in [0.4, 0.5) is 5.69 Å². The van der Waals surface area contributed by atoms with E-state index in [4.69, 9.17) is 0 Å². The van der Waals surface area contributed by atoms with E-state index in [0.29, 0.717) is 19.3 Å². The largest absolute Gasteiger partial charge is 0.480 e. The molecule has 5 heteroatoms. The molecule has 1 aliphatic carbocycles. The fraction of sp³-hybridized carbons (Fsp3) is 0.241. The highest BCUT2D eigenvalue weighted by Gasteiger charge is 2.39. The molecule has 172 valence electrons. The third-order valence-corrected chi connectivity index (χ3v) is 7.02. The van der Waals surface area contributed by atoms with Crippen molar-refractivity contribution in [1.82, 2.24) is 4.57 Å². The number of carbonyl (C=O) groups is 2. The topological polar surface area (TPSA) is 71.3 Å². The third-order valence-electron chi connectivity index (χ3n) is 7.02. The average molecular weight is 453 g/mol. The lowest BCUT2D eigenvalue weighted by Gasteiger charge is -2.33. The maximum Gasteiger partial charge on any atom is 0.323 e. The number of hydrogen-bond acceptors (Lipinski definition) is 2. The zero-order valence-corrected chi connectivity index (χ0v) is 19.3. The Balaban J connectivity index is 1.43. The quantitative estimate of drug-likeness (QED) is 0.409. The molecule has 2 N–H and O–H groups in total. The molecule has 0 aliphatic heterocycles. The van der Waals surface area contributed by atoms with E-state index in [2.05, 4.69) is 23.5 Å². The second-order valence-electron chi connectivity index (χ2n) is 9.43. The van der Waals surface area contributed by atoms with E-state index in [1.54, 1.807) is 0 Å². The van der Waals surface area contributed by atoms with Crippen molar-refractivity contribution in [3.63, 3.8) is 0 Å². The SMILES string of the molecule is CC1(C(=O)Nc2ccccc2Cc2ccccc2)CCc2c(c3ccccc3n2CC(=O)O)C1. The number of fused-ring (bicyclic) bond motifs is 3. The lowest BCUT2D eigenvalue weighted by Crippen LogP contribution is -2.39. The van der Waals surface area contributed by atoms with Gasteiger partial charge in [-0.05, 0) is 54.5 Å². The zero-order chi connectivity index (χ0) is 23.7. The normalized spacial score (nSPS) is 17.3. The molecule has 0 spiro atoms. The van der Waals surface area contributed by atoms with Crippen LogP contribution < -0.4 is 5.32 Å². The van der Waals surface area contributed by atoms with Crippen LogP contribution in [0.15, 0.2) is 78.9 Å². The first-order valence-corrected chi connectivity index (χ1v) is 11.7. The van der Waals surface area contributed by atoms with Gasteiger partial charge in [-0.1, -0.05) is 73.7 Å². The molecular formula is C29H28N2O3. The van der Waals surface area contributed by atoms with Crippen LogP contribution in [0.2, 0.25) is 0 Å². The molecule has 4 aromatic rings. The summed E-state index contributed by atoms with van der Waals surface area (Å²) in [5.41, 5.74) is 5.61. The Morgan fingerprint density at radius 3 is 2.47 bits per heavy atom. The maximum atomic E-state index is 13.6. The Kier molecular flexibility index (Phi) is 5.70. The second kappa shape index (κ2) is 8.82. The number of amides is 1. The van der Waals surface area contributed by atoms with Gasteiger partial charge in [-0.2, -0.15) is 0 Å². The molecule has 1 aliphatic rings. The number of anilines is 1. The van der Waals surface area contributed by atoms with Crippen molar-refractivity contribution in [2.75, 3.05) is 5.32 Å². The summed E-state index contributed by atoms with van der Waals surface area (Å²) in [6.45, 7) is 1.96. The molecule has 1 amide bonds. The van der Waals surface area contributed by atoms with Gasteiger partial charge in [0.1, 0.15) is 6.54 Å². The predicted molar refractivity (Wildman–Crippen MR) is 134 cm³/mol. The summed E-state index contributed by atoms with van der Waals surface area (Å²) in [5, 5.41) is 13.7. The highest BCUT2D eigenvalue weighted by molar-refractivity contribution is 5.97. The minimum Gasteiger partial charge on any atom is -0.480 e. The van der Waals surface area contributed by atoms with E-state index in [-0.39, 0.29) is 12.5 Å². The molecule has 3 aromatic carbocycles. The maximum absolute atomic E-state index is 13.6. The number of carbonyl (C=O) groups excluding carboxylic acids is 1. The first-order valence-electron chi connectivity index (χ1n) is 11.7. The van der Waals surface area contributed by atoms with E-state index in [1.807, 2.05) is 72.2 Å². The first kappa shape index (κ1) is 22.0. The second-order valence-corrected chi connectivity index (χ2v) is 9.43. The summed E-state index contributed by atoms with van der Waals surface area (Å²) >= 11 is 0. The average Bonchev–Trinajstić information content (AvgIpc) is 3.13. The summed E-state index contributed by atoms with van der Waals surface area (Å²) in [4.78, 5) is 25.1. The van der Waals surface area contributed by atoms with Gasteiger partial charge in [0.05, 0.1) is 5.41 Å². The van der Waals surface area contributed by atoms with Crippen LogP contribution in [-0.4, -0.2) is 21.6 Å². The van der Waals surface area contributed by atoms with Crippen molar-refractivity contribution in [1.29, 1.82) is 0 Å². The van der Waals surface area contributed by atoms with Gasteiger partial charge < -0.3 is 15.0 Å². The van der Waals surface area contributed by atoms with Crippen molar-refractivity contribution in [2.24, 2.45) is 5.41 Å². The van der Waals surface area contributed by atoms with Crippen LogP contribution in [0.25, 0.3) is 10.9 Å². The molecule has 0 saturated carbocycles. The van der Waals surface area contributed by atoms with Crippen molar-refractivity contribution >= 4 is 28.5 Å². The van der Waals surface area contributed by atoms with Gasteiger partial charge in [-0.15, -0.1) is 0 Å². The number of aromatic nitrogens is 1. The van der Waals surface area contributed by atoms with Gasteiger partial charge >= 0.3 is 5.97 Å². The minimum absolute atomic E-state index is 0.00808. The number of nitrogens with one attached hydrogen (secondary N) is 1. The summed E-state index contributed by atoms with van der Waals surface area (Å²) in [5.74, 6) is -0.849. The lowest BCUT2D eigenvalue weighted by atomic mass is 9.73. The molecule has 5 rings (SSSR count). The molecule has 0 fully saturated rings. The molecule has 0 radical (unpaired) electrons. The summed E-state index contributed by atoms with van der Waals surface area (Å²) < 4.78 is 1.90. The number of benzene rings is 3. The van der Waals surface area contributed by atoms with Crippen molar-refractivity contribution in [3.8, 4) is 0 Å². The Hall–Kier alpha value is -3.86. The molecule has 0 bridgehead atoms. The molecule has 5 nitrogen and oxygen atoms in total. The third kappa shape index (κ3) is 4.10. The van der Waals surface area contributed by atoms with E-state index in [1.165, 1.54) is 5.56 Å². The van der Waals surface area contributed by atoms with Gasteiger partial charge in [0.2, 0.25) is 5.91 Å². The number of carboxylic acids is 1. The minimum atomic E-state index is -0.857. The van der Waals surface area contributed by atoms with Gasteiger partial charge in [0.25, 0.3) is 0 Å². The van der Waals surface area contributed by atoms with Crippen LogP contribution in [-0.2, 0) is 35.4 Å². The Bertz CT molecular complexity index is 1370. The fourth-order valence-electron chi connectivity index (χ4n) is 5.18. The molecule has 1 aromatic heterocycles. The highest BCUT2D eigenvalue weighted by Crippen LogP contribution is 2.41. The van der Waals surface area contributed by atoms with Crippen molar-refractivity contribution in [3.05, 3.63) is 101 Å². The van der Waals surface area contributed by atoms with Crippen LogP contribution in [0.1, 0.15) is 35.7 Å². The van der Waals surface area contributed by atoms with Gasteiger partial charge in [0, 0.05) is 22.3 Å². The van der Waals surface area contributed by atoms with Crippen LogP contribution in [0, 0.1) is 5.41 Å². The molecule has 0 saturated heterocycles. The Morgan fingerprint density at radius 1 is 0.971 bits per heavy atom. The molecular weight excluding hydrogens is 424 g/mol. The number of hydrogen-bond donors (Lipinski definition) is 2. The number of rotatable bonds is 6. The number of nitrogens with zero attached hydrogens (tertiary/aromatic N) is 1.